The molecule has 27 heavy (non-hydrogen) atoms. The van der Waals surface area contributed by atoms with Crippen molar-refractivity contribution < 1.29 is 9.53 Å². The summed E-state index contributed by atoms with van der Waals surface area (Å²) in [5, 5.41) is 7.08. The summed E-state index contributed by atoms with van der Waals surface area (Å²) in [6.45, 7) is 3.33. The third kappa shape index (κ3) is 4.24. The Labute approximate surface area is 162 Å². The van der Waals surface area contributed by atoms with Gasteiger partial charge in [-0.05, 0) is 38.3 Å². The van der Waals surface area contributed by atoms with Gasteiger partial charge in [-0.2, -0.15) is 5.10 Å². The lowest BCUT2D eigenvalue weighted by Crippen LogP contribution is -2.36. The maximum Gasteiger partial charge on any atom is 0.288 e. The van der Waals surface area contributed by atoms with Crippen LogP contribution in [0.5, 0.6) is 5.75 Å². The second-order valence-corrected chi connectivity index (χ2v) is 6.92. The van der Waals surface area contributed by atoms with Gasteiger partial charge in [0.25, 0.3) is 5.56 Å². The van der Waals surface area contributed by atoms with Crippen molar-refractivity contribution in [3.63, 3.8) is 0 Å². The SMILES string of the molecule is COc1cccc(NC(=O)[C@@H](C)n2ncc(N3CCCCC3)c(Cl)c2=O)c1. The summed E-state index contributed by atoms with van der Waals surface area (Å²) >= 11 is 6.32. The van der Waals surface area contributed by atoms with Gasteiger partial charge in [0.05, 0.1) is 19.0 Å². The number of hydrogen-bond acceptors (Lipinski definition) is 5. The van der Waals surface area contributed by atoms with E-state index in [1.54, 1.807) is 44.5 Å². The van der Waals surface area contributed by atoms with Crippen LogP contribution in [0.25, 0.3) is 0 Å². The van der Waals surface area contributed by atoms with E-state index in [4.69, 9.17) is 16.3 Å². The van der Waals surface area contributed by atoms with Crippen LogP contribution in [0.4, 0.5) is 11.4 Å². The summed E-state index contributed by atoms with van der Waals surface area (Å²) in [6, 6.07) is 6.19. The lowest BCUT2D eigenvalue weighted by Gasteiger charge is -2.29. The first kappa shape index (κ1) is 19.2. The Balaban J connectivity index is 1.79. The van der Waals surface area contributed by atoms with Gasteiger partial charge in [-0.25, -0.2) is 4.68 Å². The molecule has 2 aromatic rings. The van der Waals surface area contributed by atoms with E-state index >= 15 is 0 Å². The van der Waals surface area contributed by atoms with Gasteiger partial charge < -0.3 is 15.0 Å². The molecule has 1 saturated heterocycles. The normalized spacial score (nSPS) is 15.3. The Hall–Kier alpha value is -2.54. The molecule has 1 aliphatic heterocycles. The Morgan fingerprint density at radius 3 is 2.74 bits per heavy atom. The minimum absolute atomic E-state index is 0.105. The average Bonchev–Trinajstić information content (AvgIpc) is 2.70. The minimum atomic E-state index is -0.809. The molecule has 1 aromatic heterocycles. The van der Waals surface area contributed by atoms with Crippen LogP contribution in [0.3, 0.4) is 0 Å². The van der Waals surface area contributed by atoms with E-state index in [1.807, 2.05) is 0 Å². The summed E-state index contributed by atoms with van der Waals surface area (Å²) in [7, 11) is 1.55. The van der Waals surface area contributed by atoms with Crippen molar-refractivity contribution in [2.75, 3.05) is 30.4 Å². The summed E-state index contributed by atoms with van der Waals surface area (Å²) in [5.41, 5.74) is 0.751. The van der Waals surface area contributed by atoms with Crippen LogP contribution in [0.2, 0.25) is 5.02 Å². The van der Waals surface area contributed by atoms with Crippen LogP contribution in [-0.4, -0.2) is 35.9 Å². The Kier molecular flexibility index (Phi) is 6.01. The Morgan fingerprint density at radius 1 is 1.30 bits per heavy atom. The van der Waals surface area contributed by atoms with Gasteiger partial charge >= 0.3 is 0 Å². The number of ether oxygens (including phenoxy) is 1. The van der Waals surface area contributed by atoms with Crippen LogP contribution in [0.15, 0.2) is 35.3 Å². The smallest absolute Gasteiger partial charge is 0.288 e. The number of hydrogen-bond donors (Lipinski definition) is 1. The number of benzene rings is 1. The number of piperidine rings is 1. The number of amides is 1. The van der Waals surface area contributed by atoms with E-state index in [0.29, 0.717) is 17.1 Å². The van der Waals surface area contributed by atoms with Crippen molar-refractivity contribution in [3.05, 3.63) is 45.8 Å². The number of carbonyl (C=O) groups excluding carboxylic acids is 1. The number of anilines is 2. The van der Waals surface area contributed by atoms with Gasteiger partial charge in [0, 0.05) is 24.8 Å². The van der Waals surface area contributed by atoms with E-state index < -0.39 is 11.6 Å². The maximum atomic E-state index is 12.7. The van der Waals surface area contributed by atoms with Crippen LogP contribution in [-0.2, 0) is 4.79 Å². The molecule has 1 fully saturated rings. The van der Waals surface area contributed by atoms with E-state index in [-0.39, 0.29) is 10.9 Å². The van der Waals surface area contributed by atoms with E-state index in [9.17, 15) is 9.59 Å². The molecule has 1 aliphatic rings. The lowest BCUT2D eigenvalue weighted by atomic mass is 10.1. The predicted octanol–water partition coefficient (Wildman–Crippen LogP) is 3.10. The van der Waals surface area contributed by atoms with Gasteiger partial charge in [-0.1, -0.05) is 17.7 Å². The summed E-state index contributed by atoms with van der Waals surface area (Å²) in [4.78, 5) is 27.3. The molecule has 0 aliphatic carbocycles. The molecule has 8 heteroatoms. The molecule has 1 aromatic carbocycles. The Morgan fingerprint density at radius 2 is 2.04 bits per heavy atom. The first-order valence-electron chi connectivity index (χ1n) is 8.98. The van der Waals surface area contributed by atoms with Gasteiger partial charge in [-0.3, -0.25) is 9.59 Å². The van der Waals surface area contributed by atoms with Gasteiger partial charge in [-0.15, -0.1) is 0 Å². The number of nitrogens with zero attached hydrogens (tertiary/aromatic N) is 3. The highest BCUT2D eigenvalue weighted by molar-refractivity contribution is 6.33. The fourth-order valence-electron chi connectivity index (χ4n) is 3.13. The molecule has 3 rings (SSSR count). The first-order valence-corrected chi connectivity index (χ1v) is 9.36. The molecule has 0 saturated carbocycles. The van der Waals surface area contributed by atoms with Crippen LogP contribution < -0.4 is 20.5 Å². The summed E-state index contributed by atoms with van der Waals surface area (Å²) in [5.74, 6) is 0.268. The third-order valence-corrected chi connectivity index (χ3v) is 5.06. The van der Waals surface area contributed by atoms with Crippen molar-refractivity contribution in [1.82, 2.24) is 9.78 Å². The molecule has 1 atom stereocenters. The summed E-state index contributed by atoms with van der Waals surface area (Å²) in [6.07, 6.45) is 4.89. The zero-order chi connectivity index (χ0) is 19.4. The third-order valence-electron chi connectivity index (χ3n) is 4.71. The standard InChI is InChI=1S/C19H23ClN4O3/c1-13(18(25)22-14-7-6-8-15(11-14)27-2)24-19(26)17(20)16(12-21-24)23-9-4-3-5-10-23/h6-8,11-13H,3-5,9-10H2,1-2H3,(H,22,25)/t13-/m1/s1. The number of nitrogens with one attached hydrogen (secondary N) is 1. The number of halogens is 1. The zero-order valence-corrected chi connectivity index (χ0v) is 16.2. The molecule has 0 radical (unpaired) electrons. The topological polar surface area (TPSA) is 76.5 Å². The second kappa shape index (κ2) is 8.43. The lowest BCUT2D eigenvalue weighted by molar-refractivity contribution is -0.119. The van der Waals surface area contributed by atoms with E-state index in [0.717, 1.165) is 30.6 Å². The highest BCUT2D eigenvalue weighted by Gasteiger charge is 2.22. The molecule has 1 N–H and O–H groups in total. The Bertz CT molecular complexity index is 877. The largest absolute Gasteiger partial charge is 0.497 e. The van der Waals surface area contributed by atoms with Crippen molar-refractivity contribution in [2.24, 2.45) is 0 Å². The monoisotopic (exact) mass is 390 g/mol. The van der Waals surface area contributed by atoms with Gasteiger partial charge in [0.15, 0.2) is 0 Å². The van der Waals surface area contributed by atoms with E-state index in [2.05, 4.69) is 15.3 Å². The average molecular weight is 391 g/mol. The number of methoxy groups -OCH3 is 1. The first-order chi connectivity index (χ1) is 13.0. The molecule has 0 unspecified atom stereocenters. The molecule has 0 spiro atoms. The van der Waals surface area contributed by atoms with Crippen molar-refractivity contribution in [1.29, 1.82) is 0 Å². The van der Waals surface area contributed by atoms with Crippen molar-refractivity contribution in [3.8, 4) is 5.75 Å². The molecule has 0 bridgehead atoms. The minimum Gasteiger partial charge on any atom is -0.497 e. The molecule has 1 amide bonds. The van der Waals surface area contributed by atoms with Crippen LogP contribution in [0.1, 0.15) is 32.2 Å². The van der Waals surface area contributed by atoms with Gasteiger partial charge in [0.1, 0.15) is 16.8 Å². The molecule has 144 valence electrons. The summed E-state index contributed by atoms with van der Waals surface area (Å²) < 4.78 is 6.26. The molecular formula is C19H23ClN4O3. The maximum absolute atomic E-state index is 12.7. The van der Waals surface area contributed by atoms with Gasteiger partial charge in [0.2, 0.25) is 5.91 Å². The quantitative estimate of drug-likeness (QED) is 0.848. The van der Waals surface area contributed by atoms with Crippen molar-refractivity contribution in [2.45, 2.75) is 32.2 Å². The van der Waals surface area contributed by atoms with E-state index in [1.165, 1.54) is 6.42 Å². The fraction of sp³-hybridized carbons (Fsp3) is 0.421. The number of carbonyl (C=O) groups is 1. The van der Waals surface area contributed by atoms with Crippen LogP contribution >= 0.6 is 11.6 Å². The highest BCUT2D eigenvalue weighted by Crippen LogP contribution is 2.25. The fourth-order valence-corrected chi connectivity index (χ4v) is 3.38. The number of rotatable bonds is 5. The number of aromatic nitrogens is 2. The second-order valence-electron chi connectivity index (χ2n) is 6.54. The molecule has 2 heterocycles. The molecular weight excluding hydrogens is 368 g/mol. The highest BCUT2D eigenvalue weighted by atomic mass is 35.5. The van der Waals surface area contributed by atoms with Crippen molar-refractivity contribution >= 4 is 28.9 Å². The predicted molar refractivity (Wildman–Crippen MR) is 106 cm³/mol. The van der Waals surface area contributed by atoms with Crippen LogP contribution in [0, 0.1) is 0 Å². The zero-order valence-electron chi connectivity index (χ0n) is 15.4. The molecule has 7 nitrogen and oxygen atoms in total.